The molecule has 1 aromatic carbocycles. The zero-order valence-electron chi connectivity index (χ0n) is 18.1. The summed E-state index contributed by atoms with van der Waals surface area (Å²) in [5.41, 5.74) is 1.89. The highest BCUT2D eigenvalue weighted by Crippen LogP contribution is 2.30. The lowest BCUT2D eigenvalue weighted by molar-refractivity contribution is 0.00127. The monoisotopic (exact) mass is 445 g/mol. The summed E-state index contributed by atoms with van der Waals surface area (Å²) >= 11 is 11.2. The van der Waals surface area contributed by atoms with Gasteiger partial charge in [-0.25, -0.2) is 0 Å². The van der Waals surface area contributed by atoms with Crippen LogP contribution in [0.5, 0.6) is 11.5 Å². The van der Waals surface area contributed by atoms with Gasteiger partial charge in [0.2, 0.25) is 0 Å². The van der Waals surface area contributed by atoms with Crippen LogP contribution < -0.4 is 9.47 Å². The zero-order valence-corrected chi connectivity index (χ0v) is 19.6. The third-order valence-electron chi connectivity index (χ3n) is 3.67. The summed E-state index contributed by atoms with van der Waals surface area (Å²) in [6.07, 6.45) is 5.74. The van der Waals surface area contributed by atoms with E-state index in [4.69, 9.17) is 42.3 Å². The van der Waals surface area contributed by atoms with Crippen LogP contribution in [0.4, 0.5) is 0 Å². The minimum atomic E-state index is -0.260. The molecule has 29 heavy (non-hydrogen) atoms. The lowest BCUT2D eigenvalue weighted by Crippen LogP contribution is -2.15. The Balaban J connectivity index is 2.34. The minimum absolute atomic E-state index is 0.199. The molecular formula is C22H33Cl2NO4. The first kappa shape index (κ1) is 25.6. The van der Waals surface area contributed by atoms with Crippen molar-refractivity contribution in [2.24, 2.45) is 5.16 Å². The second kappa shape index (κ2) is 13.7. The van der Waals surface area contributed by atoms with Gasteiger partial charge in [0.15, 0.2) is 0 Å². The molecule has 164 valence electrons. The molecule has 0 heterocycles. The first-order chi connectivity index (χ1) is 13.7. The Morgan fingerprint density at radius 1 is 1.10 bits per heavy atom. The highest BCUT2D eigenvalue weighted by molar-refractivity contribution is 6.55. The van der Waals surface area contributed by atoms with Gasteiger partial charge >= 0.3 is 0 Å². The standard InChI is InChI=1S/C22H33Cl2NO4/c1-6-18-16-19(27-14-9-20(23)24)15-17(2)21(18)28-13-8-12-26-11-7-10-25-29-22(3,4)5/h9-10,15-16H,6-8,11-14H2,1-5H3. The Bertz CT molecular complexity index is 666. The van der Waals surface area contributed by atoms with Gasteiger partial charge in [-0.15, -0.1) is 0 Å². The van der Waals surface area contributed by atoms with E-state index in [-0.39, 0.29) is 10.1 Å². The van der Waals surface area contributed by atoms with Gasteiger partial charge < -0.3 is 19.0 Å². The molecule has 0 N–H and O–H groups in total. The third-order valence-corrected chi connectivity index (χ3v) is 3.97. The molecule has 1 aromatic rings. The number of oxime groups is 1. The van der Waals surface area contributed by atoms with Crippen LogP contribution in [0.2, 0.25) is 0 Å². The molecule has 5 nitrogen and oxygen atoms in total. The summed E-state index contributed by atoms with van der Waals surface area (Å²) in [6, 6.07) is 3.95. The number of nitrogens with zero attached hydrogens (tertiary/aromatic N) is 1. The van der Waals surface area contributed by atoms with Crippen LogP contribution in [0.1, 0.15) is 51.7 Å². The Morgan fingerprint density at radius 3 is 2.52 bits per heavy atom. The Kier molecular flexibility index (Phi) is 12.1. The fraction of sp³-hybridized carbons (Fsp3) is 0.591. The highest BCUT2D eigenvalue weighted by Gasteiger charge is 2.10. The molecule has 0 fully saturated rings. The van der Waals surface area contributed by atoms with E-state index >= 15 is 0 Å². The molecule has 0 aromatic heterocycles. The normalized spacial score (nSPS) is 11.6. The summed E-state index contributed by atoms with van der Waals surface area (Å²) in [7, 11) is 0. The molecule has 0 atom stereocenters. The van der Waals surface area contributed by atoms with Crippen molar-refractivity contribution in [2.45, 2.75) is 59.5 Å². The van der Waals surface area contributed by atoms with E-state index in [2.05, 4.69) is 12.1 Å². The predicted octanol–water partition coefficient (Wildman–Crippen LogP) is 6.23. The number of ether oxygens (including phenoxy) is 3. The van der Waals surface area contributed by atoms with Gasteiger partial charge in [-0.3, -0.25) is 0 Å². The molecule has 0 spiro atoms. The van der Waals surface area contributed by atoms with Crippen molar-refractivity contribution in [3.05, 3.63) is 33.8 Å². The van der Waals surface area contributed by atoms with Crippen LogP contribution in [0, 0.1) is 6.92 Å². The summed E-state index contributed by atoms with van der Waals surface area (Å²) in [5, 5.41) is 3.92. The van der Waals surface area contributed by atoms with E-state index in [9.17, 15) is 0 Å². The van der Waals surface area contributed by atoms with E-state index in [1.54, 1.807) is 12.3 Å². The number of hydrogen-bond acceptors (Lipinski definition) is 5. The van der Waals surface area contributed by atoms with Crippen molar-refractivity contribution in [3.63, 3.8) is 0 Å². The van der Waals surface area contributed by atoms with Gasteiger partial charge in [0, 0.05) is 25.7 Å². The van der Waals surface area contributed by atoms with Gasteiger partial charge in [-0.2, -0.15) is 0 Å². The van der Waals surface area contributed by atoms with E-state index in [1.807, 2.05) is 39.8 Å². The van der Waals surface area contributed by atoms with Gasteiger partial charge in [-0.05, 0) is 63.5 Å². The zero-order chi connectivity index (χ0) is 21.7. The molecule has 0 unspecified atom stereocenters. The fourth-order valence-corrected chi connectivity index (χ4v) is 2.51. The summed E-state index contributed by atoms with van der Waals surface area (Å²) in [5.74, 6) is 1.69. The molecule has 0 aliphatic rings. The van der Waals surface area contributed by atoms with Crippen LogP contribution in [0.15, 0.2) is 27.9 Å². The van der Waals surface area contributed by atoms with E-state index < -0.39 is 0 Å². The summed E-state index contributed by atoms with van der Waals surface area (Å²) in [6.45, 7) is 12.2. The van der Waals surface area contributed by atoms with E-state index in [0.29, 0.717) is 26.4 Å². The SMILES string of the molecule is CCc1cc(OCC=C(Cl)Cl)cc(C)c1OCCCOCCC=NOC(C)(C)C. The molecule has 0 amide bonds. The molecule has 0 radical (unpaired) electrons. The first-order valence-corrected chi connectivity index (χ1v) is 10.7. The average Bonchev–Trinajstić information content (AvgIpc) is 2.63. The molecule has 0 aliphatic heterocycles. The Hall–Kier alpha value is -1.43. The maximum atomic E-state index is 6.00. The van der Waals surface area contributed by atoms with Crippen LogP contribution in [-0.4, -0.2) is 38.2 Å². The van der Waals surface area contributed by atoms with Gasteiger partial charge in [0.05, 0.1) is 13.2 Å². The molecule has 7 heteroatoms. The van der Waals surface area contributed by atoms with Gasteiger partial charge in [0.1, 0.15) is 28.2 Å². The highest BCUT2D eigenvalue weighted by atomic mass is 35.5. The minimum Gasteiger partial charge on any atom is -0.493 e. The van der Waals surface area contributed by atoms with Crippen molar-refractivity contribution >= 4 is 29.4 Å². The first-order valence-electron chi connectivity index (χ1n) is 9.91. The van der Waals surface area contributed by atoms with Crippen LogP contribution in [-0.2, 0) is 16.0 Å². The van der Waals surface area contributed by atoms with Crippen molar-refractivity contribution in [2.75, 3.05) is 26.4 Å². The topological polar surface area (TPSA) is 49.3 Å². The molecule has 0 bridgehead atoms. The molecule has 1 rings (SSSR count). The number of aryl methyl sites for hydroxylation is 2. The van der Waals surface area contributed by atoms with Crippen molar-refractivity contribution in [1.29, 1.82) is 0 Å². The average molecular weight is 446 g/mol. The number of halogens is 2. The quantitative estimate of drug-likeness (QED) is 0.205. The lowest BCUT2D eigenvalue weighted by Gasteiger charge is -2.16. The Labute approximate surface area is 184 Å². The number of rotatable bonds is 13. The smallest absolute Gasteiger partial charge is 0.129 e. The Morgan fingerprint density at radius 2 is 1.86 bits per heavy atom. The molecule has 0 aliphatic carbocycles. The maximum absolute atomic E-state index is 6.00. The predicted molar refractivity (Wildman–Crippen MR) is 121 cm³/mol. The van der Waals surface area contributed by atoms with Crippen molar-refractivity contribution in [3.8, 4) is 11.5 Å². The van der Waals surface area contributed by atoms with Gasteiger partial charge in [0.25, 0.3) is 0 Å². The van der Waals surface area contributed by atoms with Crippen molar-refractivity contribution < 1.29 is 19.0 Å². The van der Waals surface area contributed by atoms with E-state index in [1.165, 1.54) is 0 Å². The largest absolute Gasteiger partial charge is 0.493 e. The lowest BCUT2D eigenvalue weighted by atomic mass is 10.1. The third kappa shape index (κ3) is 12.0. The van der Waals surface area contributed by atoms with Gasteiger partial charge in [-0.1, -0.05) is 35.3 Å². The molecular weight excluding hydrogens is 413 g/mol. The fourth-order valence-electron chi connectivity index (χ4n) is 2.39. The van der Waals surface area contributed by atoms with Crippen molar-refractivity contribution in [1.82, 2.24) is 0 Å². The second-order valence-corrected chi connectivity index (χ2v) is 8.49. The van der Waals surface area contributed by atoms with Crippen LogP contribution in [0.3, 0.4) is 0 Å². The maximum Gasteiger partial charge on any atom is 0.129 e. The summed E-state index contributed by atoms with van der Waals surface area (Å²) in [4.78, 5) is 5.27. The number of benzene rings is 1. The molecule has 0 saturated heterocycles. The number of hydrogen-bond donors (Lipinski definition) is 0. The van der Waals surface area contributed by atoms with E-state index in [0.717, 1.165) is 41.9 Å². The second-order valence-electron chi connectivity index (χ2n) is 7.48. The molecule has 0 saturated carbocycles. The summed E-state index contributed by atoms with van der Waals surface area (Å²) < 4.78 is 17.5. The van der Waals surface area contributed by atoms with Crippen LogP contribution in [0.25, 0.3) is 0 Å². The van der Waals surface area contributed by atoms with Crippen LogP contribution >= 0.6 is 23.2 Å².